The fourth-order valence-corrected chi connectivity index (χ4v) is 6.45. The van der Waals surface area contributed by atoms with Crippen molar-refractivity contribution in [3.8, 4) is 18.5 Å². The van der Waals surface area contributed by atoms with E-state index in [9.17, 15) is 0 Å². The lowest BCUT2D eigenvalue weighted by Crippen LogP contribution is -2.06. The normalized spacial score (nSPS) is 13.1. The zero-order valence-electron chi connectivity index (χ0n) is 36.4. The summed E-state index contributed by atoms with van der Waals surface area (Å²) in [5.74, 6) is 0.390. The van der Waals surface area contributed by atoms with Gasteiger partial charge >= 0.3 is 0 Å². The molecule has 0 amide bonds. The molecule has 2 heteroatoms. The van der Waals surface area contributed by atoms with Crippen molar-refractivity contribution in [1.82, 2.24) is 9.13 Å². The van der Waals surface area contributed by atoms with E-state index < -0.39 is 0 Å². The van der Waals surface area contributed by atoms with Gasteiger partial charge in [0.15, 0.2) is 0 Å². The minimum absolute atomic E-state index is 0.390. The van der Waals surface area contributed by atoms with Gasteiger partial charge in [-0.3, -0.25) is 0 Å². The number of hydrogen-bond acceptors (Lipinski definition) is 0. The second kappa shape index (κ2) is 26.1. The molecule has 6 aromatic rings. The van der Waals surface area contributed by atoms with E-state index in [1.807, 2.05) is 69.2 Å². The lowest BCUT2D eigenvalue weighted by molar-refractivity contribution is 0.863. The molecule has 0 aliphatic heterocycles. The standard InChI is InChI=1S/C36H32N2.C3H8.5C2H6.C2H2/c1-5-31(26-15-7-6-13-24(26)3)37-33-18-10-8-16-27(33)29-22-36-30(21-35(29)37)28-17-9-11-19-34(28)38(36)32-20-12-14-23(2)25(32)4;1-3-2;6*1-2/h6-22,24H,5H2,1-4H3;3H2,1-2H3;5*1-2H3;1-2H/b31-26+;;;;;;;. The molecule has 1 atom stereocenters. The van der Waals surface area contributed by atoms with Gasteiger partial charge in [0.25, 0.3) is 0 Å². The second-order valence-electron chi connectivity index (χ2n) is 11.3. The first-order chi connectivity index (χ1) is 26.0. The van der Waals surface area contributed by atoms with Gasteiger partial charge in [0, 0.05) is 38.8 Å². The Labute approximate surface area is 325 Å². The smallest absolute Gasteiger partial charge is 0.0548 e. The third kappa shape index (κ3) is 10.4. The highest BCUT2D eigenvalue weighted by atomic mass is 15.0. The number of nitrogens with zero attached hydrogens (tertiary/aromatic N) is 2. The highest BCUT2D eigenvalue weighted by molar-refractivity contribution is 6.19. The van der Waals surface area contributed by atoms with E-state index in [1.54, 1.807) is 0 Å². The van der Waals surface area contributed by atoms with Gasteiger partial charge in [-0.05, 0) is 67.3 Å². The summed E-state index contributed by atoms with van der Waals surface area (Å²) in [6.45, 7) is 33.3. The van der Waals surface area contributed by atoms with E-state index in [0.29, 0.717) is 5.92 Å². The lowest BCUT2D eigenvalue weighted by Gasteiger charge is -2.20. The van der Waals surface area contributed by atoms with Crippen LogP contribution < -0.4 is 0 Å². The fraction of sp³-hybridized carbons (Fsp3) is 0.373. The molecular formula is C51H72N2. The zero-order chi connectivity index (χ0) is 40.7. The fourth-order valence-electron chi connectivity index (χ4n) is 6.45. The minimum Gasteiger partial charge on any atom is -0.313 e. The van der Waals surface area contributed by atoms with Crippen LogP contribution in [0.25, 0.3) is 55.0 Å². The molecular weight excluding hydrogens is 641 g/mol. The van der Waals surface area contributed by atoms with E-state index in [2.05, 4.69) is 167 Å². The maximum absolute atomic E-state index is 4.00. The van der Waals surface area contributed by atoms with Gasteiger partial charge < -0.3 is 9.13 Å². The summed E-state index contributed by atoms with van der Waals surface area (Å²) < 4.78 is 5.00. The molecule has 2 aromatic heterocycles. The van der Waals surface area contributed by atoms with Gasteiger partial charge in [-0.15, -0.1) is 12.8 Å². The number of para-hydroxylation sites is 2. The van der Waals surface area contributed by atoms with Crippen molar-refractivity contribution in [3.63, 3.8) is 0 Å². The van der Waals surface area contributed by atoms with Crippen LogP contribution in [-0.4, -0.2) is 9.13 Å². The highest BCUT2D eigenvalue weighted by Crippen LogP contribution is 2.41. The predicted molar refractivity (Wildman–Crippen MR) is 247 cm³/mol. The number of rotatable bonds is 3. The van der Waals surface area contributed by atoms with Gasteiger partial charge in [-0.1, -0.05) is 176 Å². The molecule has 0 radical (unpaired) electrons. The predicted octanol–water partition coefficient (Wildman–Crippen LogP) is 16.7. The monoisotopic (exact) mass is 713 g/mol. The van der Waals surface area contributed by atoms with Crippen LogP contribution in [-0.2, 0) is 0 Å². The number of fused-ring (bicyclic) bond motifs is 6. The first-order valence-corrected chi connectivity index (χ1v) is 20.4. The molecule has 0 saturated carbocycles. The van der Waals surface area contributed by atoms with Gasteiger partial charge in [-0.25, -0.2) is 0 Å². The van der Waals surface area contributed by atoms with Crippen LogP contribution in [0.15, 0.2) is 109 Å². The number of aryl methyl sites for hydroxylation is 1. The Morgan fingerprint density at radius 1 is 0.585 bits per heavy atom. The van der Waals surface area contributed by atoms with E-state index in [0.717, 1.165) is 6.42 Å². The molecule has 0 spiro atoms. The Balaban J connectivity index is 0.00000161. The van der Waals surface area contributed by atoms with Crippen LogP contribution in [0.1, 0.15) is 121 Å². The number of benzene rings is 4. The van der Waals surface area contributed by atoms with Crippen molar-refractivity contribution < 1.29 is 0 Å². The lowest BCUT2D eigenvalue weighted by atomic mass is 9.93. The number of aromatic nitrogens is 2. The first-order valence-electron chi connectivity index (χ1n) is 20.4. The molecule has 7 rings (SSSR count). The van der Waals surface area contributed by atoms with Crippen LogP contribution in [0.2, 0.25) is 0 Å². The van der Waals surface area contributed by atoms with Crippen molar-refractivity contribution in [2.24, 2.45) is 5.92 Å². The summed E-state index contributed by atoms with van der Waals surface area (Å²) in [4.78, 5) is 0. The molecule has 2 heterocycles. The molecule has 1 aliphatic carbocycles. The molecule has 0 saturated heterocycles. The van der Waals surface area contributed by atoms with Crippen LogP contribution in [0, 0.1) is 32.6 Å². The zero-order valence-corrected chi connectivity index (χ0v) is 36.4. The summed E-state index contributed by atoms with van der Waals surface area (Å²) in [6.07, 6.45) is 19.2. The Hall–Kier alpha value is -4.74. The van der Waals surface area contributed by atoms with E-state index in [4.69, 9.17) is 0 Å². The second-order valence-corrected chi connectivity index (χ2v) is 11.3. The average Bonchev–Trinajstić information content (AvgIpc) is 3.73. The van der Waals surface area contributed by atoms with Crippen LogP contribution in [0.4, 0.5) is 0 Å². The van der Waals surface area contributed by atoms with Crippen molar-refractivity contribution in [1.29, 1.82) is 0 Å². The van der Waals surface area contributed by atoms with Crippen LogP contribution >= 0.6 is 0 Å². The number of hydrogen-bond donors (Lipinski definition) is 0. The SMILES string of the molecule is C#C.CC.CC.CC.CC.CC.CC/C(=C1/C=CC=CC1C)n1c2ccccc2c2cc3c(cc21)c1ccccc1n3-c1cccc(C)c1C.CCC. The summed E-state index contributed by atoms with van der Waals surface area (Å²) >= 11 is 0. The Kier molecular flexibility index (Phi) is 23.8. The summed E-state index contributed by atoms with van der Waals surface area (Å²) in [6, 6.07) is 29.3. The average molecular weight is 713 g/mol. The molecule has 1 unspecified atom stereocenters. The van der Waals surface area contributed by atoms with Crippen molar-refractivity contribution >= 4 is 49.3 Å². The van der Waals surface area contributed by atoms with Crippen molar-refractivity contribution in [3.05, 3.63) is 120 Å². The third-order valence-corrected chi connectivity index (χ3v) is 8.50. The van der Waals surface area contributed by atoms with Crippen molar-refractivity contribution in [2.75, 3.05) is 0 Å². The minimum atomic E-state index is 0.390. The highest BCUT2D eigenvalue weighted by Gasteiger charge is 2.21. The topological polar surface area (TPSA) is 9.86 Å². The molecule has 53 heavy (non-hydrogen) atoms. The summed E-state index contributed by atoms with van der Waals surface area (Å²) in [5.41, 5.74) is 11.7. The quantitative estimate of drug-likeness (QED) is 0.162. The molecule has 0 bridgehead atoms. The molecule has 2 nitrogen and oxygen atoms in total. The van der Waals surface area contributed by atoms with Gasteiger partial charge in [0.2, 0.25) is 0 Å². The third-order valence-electron chi connectivity index (χ3n) is 8.50. The summed E-state index contributed by atoms with van der Waals surface area (Å²) in [5, 5.41) is 5.20. The molecule has 286 valence electrons. The molecule has 4 aromatic carbocycles. The van der Waals surface area contributed by atoms with Gasteiger partial charge in [0.05, 0.1) is 22.1 Å². The maximum atomic E-state index is 4.00. The van der Waals surface area contributed by atoms with Gasteiger partial charge in [-0.2, -0.15) is 0 Å². The van der Waals surface area contributed by atoms with E-state index in [1.165, 1.54) is 78.1 Å². The van der Waals surface area contributed by atoms with Crippen LogP contribution in [0.5, 0.6) is 0 Å². The molecule has 1 aliphatic rings. The molecule has 0 fully saturated rings. The van der Waals surface area contributed by atoms with Gasteiger partial charge in [0.1, 0.15) is 0 Å². The maximum Gasteiger partial charge on any atom is 0.0548 e. The Morgan fingerprint density at radius 3 is 1.62 bits per heavy atom. The first kappa shape index (κ1) is 48.3. The number of terminal acetylenes is 1. The Bertz CT molecular complexity index is 2050. The van der Waals surface area contributed by atoms with E-state index in [-0.39, 0.29) is 0 Å². The van der Waals surface area contributed by atoms with Crippen molar-refractivity contribution in [2.45, 2.75) is 124 Å². The van der Waals surface area contributed by atoms with E-state index >= 15 is 0 Å². The molecule has 0 N–H and O–H groups in total. The largest absolute Gasteiger partial charge is 0.313 e. The number of allylic oxidation sites excluding steroid dienone is 6. The van der Waals surface area contributed by atoms with Crippen LogP contribution in [0.3, 0.4) is 0 Å². The summed E-state index contributed by atoms with van der Waals surface area (Å²) in [7, 11) is 0. The Morgan fingerprint density at radius 2 is 1.08 bits per heavy atom.